The quantitative estimate of drug-likeness (QED) is 0.808. The molecule has 0 aliphatic carbocycles. The van der Waals surface area contributed by atoms with Crippen LogP contribution in [0.5, 0.6) is 0 Å². The van der Waals surface area contributed by atoms with Crippen LogP contribution in [0, 0.1) is 0 Å². The van der Waals surface area contributed by atoms with Crippen LogP contribution in [-0.4, -0.2) is 17.4 Å². The van der Waals surface area contributed by atoms with Crippen LogP contribution in [0.15, 0.2) is 42.7 Å². The first-order chi connectivity index (χ1) is 9.98. The number of nitrogens with zero attached hydrogens (tertiary/aromatic N) is 2. The number of fused-ring (bicyclic) bond motifs is 1. The predicted octanol–water partition coefficient (Wildman–Crippen LogP) is 3.30. The van der Waals surface area contributed by atoms with Gasteiger partial charge in [0.1, 0.15) is 0 Å². The Bertz CT molecular complexity index is 697. The Hall–Kier alpha value is -2.37. The van der Waals surface area contributed by atoms with Gasteiger partial charge in [-0.1, -0.05) is 18.2 Å². The van der Waals surface area contributed by atoms with E-state index < -0.39 is 23.2 Å². The molecule has 0 atom stereocenters. The number of aromatic nitrogens is 1. The normalized spacial score (nSPS) is 14.1. The highest BCUT2D eigenvalue weighted by molar-refractivity contribution is 6.08. The van der Waals surface area contributed by atoms with E-state index in [-0.39, 0.29) is 0 Å². The van der Waals surface area contributed by atoms with Gasteiger partial charge >= 0.3 is 6.18 Å². The lowest BCUT2D eigenvalue weighted by molar-refractivity contribution is -0.138. The molecule has 2 heterocycles. The van der Waals surface area contributed by atoms with Crippen molar-refractivity contribution in [2.45, 2.75) is 12.6 Å². The summed E-state index contributed by atoms with van der Waals surface area (Å²) in [4.78, 5) is 17.5. The summed E-state index contributed by atoms with van der Waals surface area (Å²) in [6.45, 7) is 0.379. The molecule has 0 radical (unpaired) electrons. The number of benzene rings is 1. The number of para-hydroxylation sites is 1. The maximum Gasteiger partial charge on any atom is 0.417 e. The zero-order chi connectivity index (χ0) is 15.0. The van der Waals surface area contributed by atoms with Crippen molar-refractivity contribution in [2.24, 2.45) is 0 Å². The fraction of sp³-hybridized carbons (Fsp3) is 0.200. The van der Waals surface area contributed by atoms with E-state index in [1.807, 2.05) is 12.1 Å². The predicted molar refractivity (Wildman–Crippen MR) is 71.1 cm³/mol. The van der Waals surface area contributed by atoms with E-state index in [1.54, 1.807) is 12.1 Å². The highest BCUT2D eigenvalue weighted by Gasteiger charge is 2.37. The SMILES string of the molecule is O=C(c1cnccc1C(F)(F)F)N1CCc2ccccc21. The zero-order valence-electron chi connectivity index (χ0n) is 10.9. The molecule has 0 unspecified atom stereocenters. The molecule has 1 aliphatic rings. The largest absolute Gasteiger partial charge is 0.417 e. The summed E-state index contributed by atoms with van der Waals surface area (Å²) in [6.07, 6.45) is -1.92. The van der Waals surface area contributed by atoms with Crippen LogP contribution in [-0.2, 0) is 12.6 Å². The molecule has 0 saturated carbocycles. The van der Waals surface area contributed by atoms with Gasteiger partial charge in [-0.3, -0.25) is 9.78 Å². The molecule has 1 amide bonds. The Kier molecular flexibility index (Phi) is 3.16. The first-order valence-electron chi connectivity index (χ1n) is 6.39. The lowest BCUT2D eigenvalue weighted by atomic mass is 10.1. The third-order valence-corrected chi connectivity index (χ3v) is 3.49. The molecule has 3 nitrogen and oxygen atoms in total. The van der Waals surface area contributed by atoms with Gasteiger partial charge in [-0.2, -0.15) is 13.2 Å². The van der Waals surface area contributed by atoms with Gasteiger partial charge in [0.05, 0.1) is 11.1 Å². The van der Waals surface area contributed by atoms with Crippen molar-refractivity contribution in [1.29, 1.82) is 0 Å². The second-order valence-electron chi connectivity index (χ2n) is 4.75. The minimum atomic E-state index is -4.58. The van der Waals surface area contributed by atoms with Gasteiger partial charge in [0.2, 0.25) is 0 Å². The van der Waals surface area contributed by atoms with Crippen LogP contribution in [0.3, 0.4) is 0 Å². The van der Waals surface area contributed by atoms with Gasteiger partial charge < -0.3 is 4.90 Å². The zero-order valence-corrected chi connectivity index (χ0v) is 10.9. The molecule has 0 N–H and O–H groups in total. The van der Waals surface area contributed by atoms with E-state index >= 15 is 0 Å². The summed E-state index contributed by atoms with van der Waals surface area (Å²) in [5, 5.41) is 0. The number of pyridine rings is 1. The molecule has 21 heavy (non-hydrogen) atoms. The molecule has 0 bridgehead atoms. The maximum atomic E-state index is 13.0. The van der Waals surface area contributed by atoms with Crippen molar-refractivity contribution >= 4 is 11.6 Å². The van der Waals surface area contributed by atoms with Crippen LogP contribution in [0.2, 0.25) is 0 Å². The first kappa shape index (κ1) is 13.6. The molecule has 1 aliphatic heterocycles. The average molecular weight is 292 g/mol. The number of carbonyl (C=O) groups excluding carboxylic acids is 1. The Morgan fingerprint density at radius 2 is 1.95 bits per heavy atom. The minimum Gasteiger partial charge on any atom is -0.308 e. The smallest absolute Gasteiger partial charge is 0.308 e. The summed E-state index contributed by atoms with van der Waals surface area (Å²) >= 11 is 0. The maximum absolute atomic E-state index is 13.0. The second-order valence-corrected chi connectivity index (χ2v) is 4.75. The van der Waals surface area contributed by atoms with Crippen molar-refractivity contribution in [3.8, 4) is 0 Å². The van der Waals surface area contributed by atoms with Crippen molar-refractivity contribution in [1.82, 2.24) is 4.98 Å². The monoisotopic (exact) mass is 292 g/mol. The van der Waals surface area contributed by atoms with Crippen molar-refractivity contribution in [2.75, 3.05) is 11.4 Å². The molecule has 0 fully saturated rings. The fourth-order valence-electron chi connectivity index (χ4n) is 2.51. The molecular weight excluding hydrogens is 281 g/mol. The summed E-state index contributed by atoms with van der Waals surface area (Å²) in [7, 11) is 0. The molecule has 3 rings (SSSR count). The Morgan fingerprint density at radius 3 is 2.71 bits per heavy atom. The Labute approximate surface area is 119 Å². The highest BCUT2D eigenvalue weighted by atomic mass is 19.4. The fourth-order valence-corrected chi connectivity index (χ4v) is 2.51. The number of rotatable bonds is 1. The first-order valence-corrected chi connectivity index (χ1v) is 6.39. The van der Waals surface area contributed by atoms with Crippen molar-refractivity contribution in [3.05, 3.63) is 59.4 Å². The summed E-state index contributed by atoms with van der Waals surface area (Å²) in [5.41, 5.74) is 0.261. The molecule has 1 aromatic heterocycles. The van der Waals surface area contributed by atoms with Crippen LogP contribution in [0.1, 0.15) is 21.5 Å². The van der Waals surface area contributed by atoms with E-state index in [2.05, 4.69) is 4.98 Å². The van der Waals surface area contributed by atoms with Gasteiger partial charge in [0, 0.05) is 24.6 Å². The van der Waals surface area contributed by atoms with Crippen LogP contribution < -0.4 is 4.90 Å². The molecule has 6 heteroatoms. The van der Waals surface area contributed by atoms with Crippen LogP contribution in [0.25, 0.3) is 0 Å². The number of alkyl halides is 3. The van der Waals surface area contributed by atoms with E-state index in [0.717, 1.165) is 24.0 Å². The number of halogens is 3. The number of anilines is 1. The van der Waals surface area contributed by atoms with Crippen molar-refractivity contribution in [3.63, 3.8) is 0 Å². The van der Waals surface area contributed by atoms with Gasteiger partial charge in [-0.15, -0.1) is 0 Å². The number of amides is 1. The summed E-state index contributed by atoms with van der Waals surface area (Å²) < 4.78 is 39.0. The summed E-state index contributed by atoms with van der Waals surface area (Å²) in [5.74, 6) is -0.666. The highest BCUT2D eigenvalue weighted by Crippen LogP contribution is 2.34. The number of carbonyl (C=O) groups is 1. The molecular formula is C15H11F3N2O. The molecule has 0 saturated heterocycles. The lowest BCUT2D eigenvalue weighted by Crippen LogP contribution is -2.31. The number of hydrogen-bond donors (Lipinski definition) is 0. The van der Waals surface area contributed by atoms with Crippen molar-refractivity contribution < 1.29 is 18.0 Å². The molecule has 2 aromatic rings. The topological polar surface area (TPSA) is 33.2 Å². The van der Waals surface area contributed by atoms with E-state index in [4.69, 9.17) is 0 Å². The third kappa shape index (κ3) is 2.37. The molecule has 1 aromatic carbocycles. The van der Waals surface area contributed by atoms with Crippen LogP contribution >= 0.6 is 0 Å². The summed E-state index contributed by atoms with van der Waals surface area (Å²) in [6, 6.07) is 8.05. The van der Waals surface area contributed by atoms with Gasteiger partial charge in [-0.05, 0) is 24.1 Å². The van der Waals surface area contributed by atoms with Gasteiger partial charge in [0.25, 0.3) is 5.91 Å². The standard InChI is InChI=1S/C15H11F3N2O/c16-15(17,18)12-5-7-19-9-11(12)14(21)20-8-6-10-3-1-2-4-13(10)20/h1-5,7,9H,6,8H2. The minimum absolute atomic E-state index is 0.379. The van der Waals surface area contributed by atoms with Gasteiger partial charge in [-0.25, -0.2) is 0 Å². The average Bonchev–Trinajstić information content (AvgIpc) is 2.89. The molecule has 0 spiro atoms. The van der Waals surface area contributed by atoms with Crippen LogP contribution in [0.4, 0.5) is 18.9 Å². The Balaban J connectivity index is 2.02. The lowest BCUT2D eigenvalue weighted by Gasteiger charge is -2.19. The molecule has 108 valence electrons. The third-order valence-electron chi connectivity index (χ3n) is 3.49. The number of hydrogen-bond acceptors (Lipinski definition) is 2. The van der Waals surface area contributed by atoms with Gasteiger partial charge in [0.15, 0.2) is 0 Å². The van der Waals surface area contributed by atoms with E-state index in [0.29, 0.717) is 18.7 Å². The second kappa shape index (κ2) is 4.87. The van der Waals surface area contributed by atoms with E-state index in [1.165, 1.54) is 4.90 Å². The van der Waals surface area contributed by atoms with E-state index in [9.17, 15) is 18.0 Å². The Morgan fingerprint density at radius 1 is 1.19 bits per heavy atom.